The first-order valence-corrected chi connectivity index (χ1v) is 20.5. The van der Waals surface area contributed by atoms with E-state index >= 15 is 0 Å². The van der Waals surface area contributed by atoms with E-state index in [1.807, 2.05) is 0 Å². The van der Waals surface area contributed by atoms with Gasteiger partial charge < -0.3 is 5.11 Å². The molecule has 16 nitrogen and oxygen atoms in total. The van der Waals surface area contributed by atoms with Crippen LogP contribution in [0.3, 0.4) is 0 Å². The number of nitrogens with two attached hydrogens (primary N) is 3. The SMILES string of the molecule is CS(=O)(=O)C(N)(c1cc(C(N)(S(C)(=O)=O)S(C)(=O)=O)c(O)c(C(N)(S(C)(=O)=O)S(C)(=O)=O)c1)S(C)(=O)=O. The van der Waals surface area contributed by atoms with E-state index in [0.717, 1.165) is 0 Å². The van der Waals surface area contributed by atoms with Gasteiger partial charge in [0.1, 0.15) is 5.75 Å². The van der Waals surface area contributed by atoms with E-state index in [9.17, 15) is 55.6 Å². The van der Waals surface area contributed by atoms with Gasteiger partial charge in [-0.05, 0) is 12.1 Å². The van der Waals surface area contributed by atoms with E-state index in [-0.39, 0.29) is 37.2 Å². The number of aromatic hydroxyl groups is 1. The fourth-order valence-corrected chi connectivity index (χ4v) is 13.3. The van der Waals surface area contributed by atoms with E-state index in [2.05, 4.69) is 0 Å². The van der Waals surface area contributed by atoms with Crippen molar-refractivity contribution < 1.29 is 55.6 Å². The molecule has 0 fully saturated rings. The van der Waals surface area contributed by atoms with Gasteiger partial charge in [0.05, 0.1) is 0 Å². The normalized spacial score (nSPS) is 15.5. The summed E-state index contributed by atoms with van der Waals surface area (Å²) in [5.41, 5.74) is 12.9. The van der Waals surface area contributed by atoms with E-state index in [1.54, 1.807) is 0 Å². The Balaban J connectivity index is 4.98. The number of phenols is 1. The Labute approximate surface area is 215 Å². The number of hydrogen-bond donors (Lipinski definition) is 4. The molecule has 0 bridgehead atoms. The molecule has 37 heavy (non-hydrogen) atoms. The number of sulfone groups is 6. The third-order valence-electron chi connectivity index (χ3n) is 5.57. The van der Waals surface area contributed by atoms with Crippen LogP contribution in [0.25, 0.3) is 0 Å². The Kier molecular flexibility index (Phi) is 8.00. The predicted octanol–water partition coefficient (Wildman–Crippen LogP) is -4.13. The maximum Gasteiger partial charge on any atom is 0.249 e. The van der Waals surface area contributed by atoms with Crippen molar-refractivity contribution in [3.8, 4) is 5.75 Å². The number of benzene rings is 1. The Morgan fingerprint density at radius 3 is 0.838 bits per heavy atom. The largest absolute Gasteiger partial charge is 0.507 e. The zero-order valence-electron chi connectivity index (χ0n) is 20.2. The van der Waals surface area contributed by atoms with E-state index in [0.29, 0.717) is 12.5 Å². The van der Waals surface area contributed by atoms with Gasteiger partial charge in [0.25, 0.3) is 0 Å². The summed E-state index contributed by atoms with van der Waals surface area (Å²) in [5.74, 6) is -1.72. The van der Waals surface area contributed by atoms with E-state index < -0.39 is 94.1 Å². The molecular weight excluding hydrogens is 623 g/mol. The molecule has 0 aromatic heterocycles. The third kappa shape index (κ3) is 4.90. The molecule has 0 spiro atoms. The molecule has 22 heteroatoms. The third-order valence-corrected chi connectivity index (χ3v) is 19.0. The van der Waals surface area contributed by atoms with Crippen molar-refractivity contribution in [1.82, 2.24) is 0 Å². The van der Waals surface area contributed by atoms with Crippen LogP contribution in [0.15, 0.2) is 12.1 Å². The summed E-state index contributed by atoms with van der Waals surface area (Å²) in [5, 5.41) is 11.0. The highest BCUT2D eigenvalue weighted by molar-refractivity contribution is 8.10. The summed E-state index contributed by atoms with van der Waals surface area (Å²) >= 11 is 0. The first kappa shape index (κ1) is 33.6. The van der Waals surface area contributed by atoms with Crippen LogP contribution in [0.5, 0.6) is 5.75 Å². The molecule has 0 aliphatic carbocycles. The zero-order chi connectivity index (χ0) is 30.2. The molecule has 0 atom stereocenters. The van der Waals surface area contributed by atoms with Gasteiger partial charge in [-0.1, -0.05) is 0 Å². The number of phenolic OH excluding ortho intramolecular Hbond substituents is 1. The minimum Gasteiger partial charge on any atom is -0.507 e. The second-order valence-corrected chi connectivity index (χ2v) is 22.5. The monoisotopic (exact) mass is 649 g/mol. The lowest BCUT2D eigenvalue weighted by Gasteiger charge is -2.34. The molecule has 216 valence electrons. The quantitative estimate of drug-likeness (QED) is 0.197. The summed E-state index contributed by atoms with van der Waals surface area (Å²) in [7, 11) is -30.5. The molecule has 0 saturated carbocycles. The smallest absolute Gasteiger partial charge is 0.249 e. The Hall–Kier alpha value is -1.40. The molecule has 1 rings (SSSR count). The molecule has 1 aromatic carbocycles. The molecule has 0 radical (unpaired) electrons. The van der Waals surface area contributed by atoms with Crippen LogP contribution in [-0.4, -0.2) is 93.1 Å². The maximum atomic E-state index is 12.6. The van der Waals surface area contributed by atoms with Crippen molar-refractivity contribution in [3.63, 3.8) is 0 Å². The average Bonchev–Trinajstić information content (AvgIpc) is 2.60. The molecule has 0 aliphatic rings. The standard InChI is InChI=1S/C15H27N3O13S6/c1-32(20,21)13(16,33(2,22)23)9-7-10(14(17,34(3,24)25)35(4,26)27)12(19)11(8-9)15(18,36(5,28)29)37(6,30)31/h7-8,19H,16-18H2,1-6H3. The van der Waals surface area contributed by atoms with Gasteiger partial charge >= 0.3 is 0 Å². The number of hydrogen-bond acceptors (Lipinski definition) is 16. The van der Waals surface area contributed by atoms with Crippen molar-refractivity contribution in [1.29, 1.82) is 0 Å². The fraction of sp³-hybridized carbons (Fsp3) is 0.600. The van der Waals surface area contributed by atoms with Crippen molar-refractivity contribution in [3.05, 3.63) is 28.8 Å². The van der Waals surface area contributed by atoms with Crippen LogP contribution in [0.4, 0.5) is 0 Å². The summed E-state index contributed by atoms with van der Waals surface area (Å²) in [6.07, 6.45) is 1.70. The van der Waals surface area contributed by atoms with E-state index in [1.165, 1.54) is 0 Å². The Bertz CT molecular complexity index is 1620. The predicted molar refractivity (Wildman–Crippen MR) is 135 cm³/mol. The van der Waals surface area contributed by atoms with Gasteiger partial charge in [0.15, 0.2) is 59.0 Å². The van der Waals surface area contributed by atoms with Crippen molar-refractivity contribution in [2.45, 2.75) is 12.6 Å². The summed E-state index contributed by atoms with van der Waals surface area (Å²) in [6, 6.07) is 0.377. The minimum atomic E-state index is -5.11. The second-order valence-electron chi connectivity index (χ2n) is 8.56. The lowest BCUT2D eigenvalue weighted by molar-refractivity contribution is 0.447. The van der Waals surface area contributed by atoms with Crippen LogP contribution in [0.1, 0.15) is 16.7 Å². The maximum absolute atomic E-state index is 12.6. The highest BCUT2D eigenvalue weighted by atomic mass is 32.3. The van der Waals surface area contributed by atoms with Crippen LogP contribution >= 0.6 is 0 Å². The van der Waals surface area contributed by atoms with Crippen LogP contribution < -0.4 is 17.2 Å². The lowest BCUT2D eigenvalue weighted by Crippen LogP contribution is -2.54. The van der Waals surface area contributed by atoms with Gasteiger partial charge in [-0.15, -0.1) is 0 Å². The van der Waals surface area contributed by atoms with Crippen LogP contribution in [-0.2, 0) is 71.6 Å². The van der Waals surface area contributed by atoms with Gasteiger partial charge in [-0.3, -0.25) is 17.2 Å². The lowest BCUT2D eigenvalue weighted by atomic mass is 10.0. The van der Waals surface area contributed by atoms with Gasteiger partial charge in [0, 0.05) is 54.2 Å². The Morgan fingerprint density at radius 1 is 0.486 bits per heavy atom. The molecule has 1 aromatic rings. The van der Waals surface area contributed by atoms with Crippen LogP contribution in [0.2, 0.25) is 0 Å². The molecule has 0 amide bonds. The zero-order valence-corrected chi connectivity index (χ0v) is 25.1. The van der Waals surface area contributed by atoms with Crippen molar-refractivity contribution in [2.24, 2.45) is 17.2 Å². The molecule has 0 aliphatic heterocycles. The van der Waals surface area contributed by atoms with Gasteiger partial charge in [-0.25, -0.2) is 50.5 Å². The van der Waals surface area contributed by atoms with E-state index in [4.69, 9.17) is 17.2 Å². The molecule has 0 heterocycles. The highest BCUT2D eigenvalue weighted by Gasteiger charge is 2.58. The molecular formula is C15H27N3O13S6. The van der Waals surface area contributed by atoms with Crippen molar-refractivity contribution >= 4 is 59.0 Å². The average molecular weight is 650 g/mol. The summed E-state index contributed by atoms with van der Waals surface area (Å²) in [4.78, 5) is 0. The Morgan fingerprint density at radius 2 is 0.676 bits per heavy atom. The topological polar surface area (TPSA) is 303 Å². The number of rotatable bonds is 9. The van der Waals surface area contributed by atoms with Crippen LogP contribution in [0, 0.1) is 0 Å². The second kappa shape index (κ2) is 8.81. The molecule has 7 N–H and O–H groups in total. The highest BCUT2D eigenvalue weighted by Crippen LogP contribution is 2.46. The molecule has 0 unspecified atom stereocenters. The first-order valence-electron chi connectivity index (χ1n) is 9.17. The summed E-state index contributed by atoms with van der Waals surface area (Å²) in [6.45, 7) is 0. The fourth-order valence-electron chi connectivity index (χ4n) is 3.42. The first-order chi connectivity index (χ1) is 15.7. The van der Waals surface area contributed by atoms with Gasteiger partial charge in [0.2, 0.25) is 12.6 Å². The van der Waals surface area contributed by atoms with Crippen molar-refractivity contribution in [2.75, 3.05) is 37.5 Å². The van der Waals surface area contributed by atoms with Gasteiger partial charge in [-0.2, -0.15) is 0 Å². The molecule has 0 saturated heterocycles. The summed E-state index contributed by atoms with van der Waals surface area (Å²) < 4.78 is 140. The minimum absolute atomic E-state index is 0.189.